The minimum absolute atomic E-state index is 0.0268. The summed E-state index contributed by atoms with van der Waals surface area (Å²) < 4.78 is 3.58. The number of rotatable bonds is 2. The molecule has 5 heterocycles. The molecular weight excluding hydrogens is 366 g/mol. The summed E-state index contributed by atoms with van der Waals surface area (Å²) in [6.07, 6.45) is 6.30. The molecule has 0 aromatic carbocycles. The van der Waals surface area contributed by atoms with Gasteiger partial charge in [0.2, 0.25) is 0 Å². The molecule has 0 saturated carbocycles. The van der Waals surface area contributed by atoms with Gasteiger partial charge in [-0.15, -0.1) is 0 Å². The largest absolute Gasteiger partial charge is 0.338 e. The zero-order valence-electron chi connectivity index (χ0n) is 16.6. The zero-order chi connectivity index (χ0) is 20.1. The fourth-order valence-corrected chi connectivity index (χ4v) is 4.81. The van der Waals surface area contributed by atoms with Gasteiger partial charge in [0.05, 0.1) is 11.3 Å². The van der Waals surface area contributed by atoms with Crippen LogP contribution in [-0.2, 0) is 13.6 Å². The summed E-state index contributed by atoms with van der Waals surface area (Å²) in [7, 11) is 1.83. The van der Waals surface area contributed by atoms with Crippen LogP contribution < -0.4 is 5.56 Å². The highest BCUT2D eigenvalue weighted by Crippen LogP contribution is 2.37. The Morgan fingerprint density at radius 1 is 1.17 bits per heavy atom. The van der Waals surface area contributed by atoms with Crippen molar-refractivity contribution >= 4 is 5.91 Å². The van der Waals surface area contributed by atoms with Crippen molar-refractivity contribution in [2.75, 3.05) is 13.1 Å². The molecule has 7 nitrogen and oxygen atoms in total. The van der Waals surface area contributed by atoms with E-state index in [0.29, 0.717) is 31.1 Å². The molecule has 0 N–H and O–H groups in total. The number of pyridine rings is 2. The number of carbonyl (C=O) groups excluding carboxylic acids is 1. The summed E-state index contributed by atoms with van der Waals surface area (Å²) in [5.41, 5.74) is 4.29. The van der Waals surface area contributed by atoms with E-state index in [4.69, 9.17) is 0 Å². The maximum absolute atomic E-state index is 13.1. The maximum atomic E-state index is 13.1. The molecule has 1 amide bonds. The number of hydrogen-bond acceptors (Lipinski definition) is 4. The van der Waals surface area contributed by atoms with E-state index in [1.54, 1.807) is 29.3 Å². The molecule has 0 spiro atoms. The number of nitrogens with zero attached hydrogens (tertiary/aromatic N) is 5. The molecule has 0 radical (unpaired) electrons. The van der Waals surface area contributed by atoms with Crippen molar-refractivity contribution in [1.29, 1.82) is 0 Å². The van der Waals surface area contributed by atoms with Crippen molar-refractivity contribution in [2.24, 2.45) is 13.0 Å². The van der Waals surface area contributed by atoms with Crippen molar-refractivity contribution in [2.45, 2.75) is 25.8 Å². The van der Waals surface area contributed by atoms with Gasteiger partial charge < -0.3 is 9.47 Å². The number of aromatic nitrogens is 4. The van der Waals surface area contributed by atoms with E-state index in [1.807, 2.05) is 35.6 Å². The SMILES string of the molecule is Cc1nn(C)cc1C(=O)N1C[C@@H]2C[C@H](C1)c1cc(-c3cccnc3)cc(=O)n1C2. The van der Waals surface area contributed by atoms with Gasteiger partial charge in [-0.05, 0) is 37.0 Å². The van der Waals surface area contributed by atoms with E-state index < -0.39 is 0 Å². The monoisotopic (exact) mass is 389 g/mol. The molecule has 148 valence electrons. The van der Waals surface area contributed by atoms with Crippen molar-refractivity contribution in [3.05, 3.63) is 70.2 Å². The number of carbonyl (C=O) groups is 1. The lowest BCUT2D eigenvalue weighted by Gasteiger charge is -2.43. The number of piperidine rings is 1. The highest BCUT2D eigenvalue weighted by molar-refractivity contribution is 5.95. The fraction of sp³-hybridized carbons (Fsp3) is 0.364. The van der Waals surface area contributed by atoms with E-state index in [1.165, 1.54) is 0 Å². The molecule has 3 aromatic rings. The molecule has 2 aliphatic heterocycles. The van der Waals surface area contributed by atoms with E-state index in [2.05, 4.69) is 16.1 Å². The minimum atomic E-state index is 0.0268. The van der Waals surface area contributed by atoms with Crippen LogP contribution in [0.3, 0.4) is 0 Å². The molecule has 0 aliphatic carbocycles. The first kappa shape index (κ1) is 17.8. The van der Waals surface area contributed by atoms with Crippen molar-refractivity contribution in [3.8, 4) is 11.1 Å². The minimum Gasteiger partial charge on any atom is -0.338 e. The predicted octanol–water partition coefficient (Wildman–Crippen LogP) is 2.21. The number of aryl methyl sites for hydroxylation is 2. The summed E-state index contributed by atoms with van der Waals surface area (Å²) in [5.74, 6) is 0.487. The van der Waals surface area contributed by atoms with Gasteiger partial charge >= 0.3 is 0 Å². The van der Waals surface area contributed by atoms with Crippen LogP contribution >= 0.6 is 0 Å². The quantitative estimate of drug-likeness (QED) is 0.674. The molecule has 5 rings (SSSR count). The lowest BCUT2D eigenvalue weighted by molar-refractivity contribution is 0.0594. The molecule has 29 heavy (non-hydrogen) atoms. The Balaban J connectivity index is 1.49. The highest BCUT2D eigenvalue weighted by Gasteiger charge is 2.37. The van der Waals surface area contributed by atoms with Crippen LogP contribution in [0.25, 0.3) is 11.1 Å². The van der Waals surface area contributed by atoms with Crippen LogP contribution in [0.1, 0.15) is 34.1 Å². The van der Waals surface area contributed by atoms with Crippen LogP contribution in [-0.4, -0.2) is 43.2 Å². The van der Waals surface area contributed by atoms with Crippen LogP contribution in [0, 0.1) is 12.8 Å². The van der Waals surface area contributed by atoms with Crippen LogP contribution in [0.2, 0.25) is 0 Å². The summed E-state index contributed by atoms with van der Waals surface area (Å²) in [4.78, 5) is 32.1. The first-order valence-electron chi connectivity index (χ1n) is 9.94. The number of amides is 1. The van der Waals surface area contributed by atoms with Gasteiger partial charge in [0.1, 0.15) is 0 Å². The van der Waals surface area contributed by atoms with Gasteiger partial charge in [-0.3, -0.25) is 19.3 Å². The molecule has 2 bridgehead atoms. The first-order valence-corrected chi connectivity index (χ1v) is 9.94. The molecule has 0 unspecified atom stereocenters. The second-order valence-electron chi connectivity index (χ2n) is 8.17. The van der Waals surface area contributed by atoms with Crippen molar-refractivity contribution in [1.82, 2.24) is 24.2 Å². The predicted molar refractivity (Wildman–Crippen MR) is 109 cm³/mol. The summed E-state index contributed by atoms with van der Waals surface area (Å²) >= 11 is 0. The molecule has 1 saturated heterocycles. The normalized spacial score (nSPS) is 20.4. The fourth-order valence-electron chi connectivity index (χ4n) is 4.81. The average Bonchev–Trinajstić information content (AvgIpc) is 3.06. The van der Waals surface area contributed by atoms with Crippen LogP contribution in [0.15, 0.2) is 47.7 Å². The third-order valence-corrected chi connectivity index (χ3v) is 6.08. The number of hydrogen-bond donors (Lipinski definition) is 0. The van der Waals surface area contributed by atoms with Gasteiger partial charge in [0.15, 0.2) is 0 Å². The summed E-state index contributed by atoms with van der Waals surface area (Å²) in [6.45, 7) is 3.83. The molecule has 2 atom stereocenters. The summed E-state index contributed by atoms with van der Waals surface area (Å²) in [5, 5.41) is 4.31. The van der Waals surface area contributed by atoms with E-state index in [9.17, 15) is 9.59 Å². The Hall–Kier alpha value is -3.22. The summed E-state index contributed by atoms with van der Waals surface area (Å²) in [6, 6.07) is 7.64. The molecule has 2 aliphatic rings. The standard InChI is InChI=1S/C22H23N5O2/c1-14-19(13-25(2)24-14)22(29)26-10-15-6-18(12-26)20-7-17(8-21(28)27(20)11-15)16-4-3-5-23-9-16/h3-5,7-9,13,15,18H,6,10-12H2,1-2H3/t15-,18+/m0/s1. The van der Waals surface area contributed by atoms with Crippen molar-refractivity contribution in [3.63, 3.8) is 0 Å². The Kier molecular flexibility index (Phi) is 4.12. The van der Waals surface area contributed by atoms with Crippen LogP contribution in [0.4, 0.5) is 0 Å². The Morgan fingerprint density at radius 2 is 2.03 bits per heavy atom. The lowest BCUT2D eigenvalue weighted by atomic mass is 9.82. The van der Waals surface area contributed by atoms with Gasteiger partial charge in [-0.2, -0.15) is 5.10 Å². The van der Waals surface area contributed by atoms with Gasteiger partial charge in [0.25, 0.3) is 11.5 Å². The Bertz CT molecular complexity index is 1150. The van der Waals surface area contributed by atoms with Crippen LogP contribution in [0.5, 0.6) is 0 Å². The van der Waals surface area contributed by atoms with E-state index in [-0.39, 0.29) is 17.4 Å². The lowest BCUT2D eigenvalue weighted by Crippen LogP contribution is -2.49. The van der Waals surface area contributed by atoms with E-state index in [0.717, 1.165) is 28.9 Å². The maximum Gasteiger partial charge on any atom is 0.257 e. The van der Waals surface area contributed by atoms with Gasteiger partial charge in [-0.1, -0.05) is 6.07 Å². The van der Waals surface area contributed by atoms with E-state index >= 15 is 0 Å². The molecule has 7 heteroatoms. The third kappa shape index (κ3) is 3.06. The topological polar surface area (TPSA) is 73.0 Å². The first-order chi connectivity index (χ1) is 14.0. The molecular formula is C22H23N5O2. The molecule has 1 fully saturated rings. The zero-order valence-corrected chi connectivity index (χ0v) is 16.6. The smallest absolute Gasteiger partial charge is 0.257 e. The highest BCUT2D eigenvalue weighted by atomic mass is 16.2. The Morgan fingerprint density at radius 3 is 2.76 bits per heavy atom. The second-order valence-corrected chi connectivity index (χ2v) is 8.17. The number of likely N-dealkylation sites (tertiary alicyclic amines) is 1. The number of fused-ring (bicyclic) bond motifs is 4. The van der Waals surface area contributed by atoms with Gasteiger partial charge in [0, 0.05) is 68.5 Å². The average molecular weight is 389 g/mol. The third-order valence-electron chi connectivity index (χ3n) is 6.08. The van der Waals surface area contributed by atoms with Gasteiger partial charge in [-0.25, -0.2) is 0 Å². The Labute approximate surface area is 168 Å². The molecule has 3 aromatic heterocycles. The second kappa shape index (κ2) is 6.69. The van der Waals surface area contributed by atoms with Crippen molar-refractivity contribution < 1.29 is 4.79 Å².